The number of nitrogens with one attached hydrogen (secondary N) is 2. The Hall–Kier alpha value is -1.81. The molecule has 0 radical (unpaired) electrons. The number of carboxylic acids is 1. The molecular formula is C14H18N2O2. The molecule has 4 heteroatoms. The number of aliphatic carboxylic acids is 1. The van der Waals surface area contributed by atoms with Gasteiger partial charge in [0.15, 0.2) is 0 Å². The molecule has 1 atom stereocenters. The molecule has 3 N–H and O–H groups in total. The number of hydrogen-bond acceptors (Lipinski definition) is 2. The predicted molar refractivity (Wildman–Crippen MR) is 71.7 cm³/mol. The van der Waals surface area contributed by atoms with Gasteiger partial charge in [-0.1, -0.05) is 18.2 Å². The lowest BCUT2D eigenvalue weighted by Crippen LogP contribution is -2.28. The third-order valence-corrected chi connectivity index (χ3v) is 3.26. The first-order valence-electron chi connectivity index (χ1n) is 6.14. The van der Waals surface area contributed by atoms with E-state index in [2.05, 4.69) is 16.4 Å². The summed E-state index contributed by atoms with van der Waals surface area (Å²) in [6, 6.07) is 8.35. The van der Waals surface area contributed by atoms with E-state index in [9.17, 15) is 4.79 Å². The van der Waals surface area contributed by atoms with Gasteiger partial charge in [-0.05, 0) is 31.5 Å². The van der Waals surface area contributed by atoms with Gasteiger partial charge >= 0.3 is 5.97 Å². The summed E-state index contributed by atoms with van der Waals surface area (Å²) in [5.74, 6) is -0.742. The SMILES string of the molecule is CN[C@H](CCC(=O)O)Cc1c[nH]c2ccccc12. The van der Waals surface area contributed by atoms with E-state index in [0.717, 1.165) is 11.9 Å². The van der Waals surface area contributed by atoms with Crippen LogP contribution in [0.25, 0.3) is 10.9 Å². The Labute approximate surface area is 106 Å². The largest absolute Gasteiger partial charge is 0.481 e. The molecule has 0 aliphatic heterocycles. The van der Waals surface area contributed by atoms with Gasteiger partial charge in [0.25, 0.3) is 0 Å². The highest BCUT2D eigenvalue weighted by molar-refractivity contribution is 5.83. The Morgan fingerprint density at radius 1 is 1.44 bits per heavy atom. The Morgan fingerprint density at radius 2 is 2.22 bits per heavy atom. The van der Waals surface area contributed by atoms with E-state index in [1.54, 1.807) is 0 Å². The van der Waals surface area contributed by atoms with Crippen molar-refractivity contribution >= 4 is 16.9 Å². The lowest BCUT2D eigenvalue weighted by Gasteiger charge is -2.14. The molecule has 96 valence electrons. The Bertz CT molecular complexity index is 533. The van der Waals surface area contributed by atoms with Crippen molar-refractivity contribution in [2.45, 2.75) is 25.3 Å². The Kier molecular flexibility index (Phi) is 3.99. The fourth-order valence-electron chi connectivity index (χ4n) is 2.21. The molecule has 0 fully saturated rings. The van der Waals surface area contributed by atoms with E-state index in [-0.39, 0.29) is 12.5 Å². The Balaban J connectivity index is 2.09. The number of aromatic amines is 1. The van der Waals surface area contributed by atoms with Gasteiger partial charge in [0, 0.05) is 29.6 Å². The molecule has 18 heavy (non-hydrogen) atoms. The number of rotatable bonds is 6. The van der Waals surface area contributed by atoms with Crippen LogP contribution in [0, 0.1) is 0 Å². The maximum atomic E-state index is 10.6. The number of likely N-dealkylation sites (N-methyl/N-ethyl adjacent to an activating group) is 1. The maximum absolute atomic E-state index is 10.6. The van der Waals surface area contributed by atoms with Crippen LogP contribution in [0.2, 0.25) is 0 Å². The van der Waals surface area contributed by atoms with Crippen LogP contribution in [0.3, 0.4) is 0 Å². The van der Waals surface area contributed by atoms with Crippen LogP contribution in [0.15, 0.2) is 30.5 Å². The number of para-hydroxylation sites is 1. The second-order valence-electron chi connectivity index (χ2n) is 4.48. The number of benzene rings is 1. The third kappa shape index (κ3) is 2.90. The van der Waals surface area contributed by atoms with Gasteiger partial charge in [0.2, 0.25) is 0 Å². The van der Waals surface area contributed by atoms with Gasteiger partial charge in [-0.2, -0.15) is 0 Å². The van der Waals surface area contributed by atoms with E-state index in [1.165, 1.54) is 10.9 Å². The molecule has 1 heterocycles. The van der Waals surface area contributed by atoms with E-state index in [4.69, 9.17) is 5.11 Å². The summed E-state index contributed by atoms with van der Waals surface area (Å²) in [6.07, 6.45) is 3.70. The minimum absolute atomic E-state index is 0.195. The minimum Gasteiger partial charge on any atom is -0.481 e. The van der Waals surface area contributed by atoms with E-state index in [1.807, 2.05) is 31.4 Å². The summed E-state index contributed by atoms with van der Waals surface area (Å²) < 4.78 is 0. The van der Waals surface area contributed by atoms with E-state index in [0.29, 0.717) is 6.42 Å². The number of carbonyl (C=O) groups is 1. The third-order valence-electron chi connectivity index (χ3n) is 3.26. The van der Waals surface area contributed by atoms with Gasteiger partial charge in [-0.3, -0.25) is 4.79 Å². The fraction of sp³-hybridized carbons (Fsp3) is 0.357. The zero-order valence-electron chi connectivity index (χ0n) is 10.4. The molecule has 0 aliphatic rings. The first-order valence-corrected chi connectivity index (χ1v) is 6.14. The van der Waals surface area contributed by atoms with Crippen LogP contribution in [0.4, 0.5) is 0 Å². The van der Waals surface area contributed by atoms with Gasteiger partial charge in [0.1, 0.15) is 0 Å². The van der Waals surface area contributed by atoms with Gasteiger partial charge in [-0.25, -0.2) is 0 Å². The van der Waals surface area contributed by atoms with Crippen LogP contribution >= 0.6 is 0 Å². The van der Waals surface area contributed by atoms with Crippen molar-refractivity contribution in [3.8, 4) is 0 Å². The minimum atomic E-state index is -0.742. The van der Waals surface area contributed by atoms with Gasteiger partial charge < -0.3 is 15.4 Å². The maximum Gasteiger partial charge on any atom is 0.303 e. The van der Waals surface area contributed by atoms with Crippen molar-refractivity contribution in [1.82, 2.24) is 10.3 Å². The zero-order valence-corrected chi connectivity index (χ0v) is 10.4. The van der Waals surface area contributed by atoms with Crippen molar-refractivity contribution in [1.29, 1.82) is 0 Å². The van der Waals surface area contributed by atoms with Crippen molar-refractivity contribution in [3.63, 3.8) is 0 Å². The lowest BCUT2D eigenvalue weighted by molar-refractivity contribution is -0.137. The first kappa shape index (κ1) is 12.6. The Morgan fingerprint density at radius 3 is 2.94 bits per heavy atom. The summed E-state index contributed by atoms with van der Waals surface area (Å²) in [4.78, 5) is 13.8. The molecule has 0 bridgehead atoms. The highest BCUT2D eigenvalue weighted by Gasteiger charge is 2.12. The fourth-order valence-corrected chi connectivity index (χ4v) is 2.21. The lowest BCUT2D eigenvalue weighted by atomic mass is 10.0. The molecule has 0 spiro atoms. The van der Waals surface area contributed by atoms with E-state index >= 15 is 0 Å². The van der Waals surface area contributed by atoms with Crippen molar-refractivity contribution in [2.24, 2.45) is 0 Å². The van der Waals surface area contributed by atoms with Crippen LogP contribution in [-0.4, -0.2) is 29.1 Å². The van der Waals surface area contributed by atoms with Crippen LogP contribution in [-0.2, 0) is 11.2 Å². The van der Waals surface area contributed by atoms with Crippen molar-refractivity contribution in [3.05, 3.63) is 36.0 Å². The molecule has 0 amide bonds. The first-order chi connectivity index (χ1) is 8.70. The average Bonchev–Trinajstić information content (AvgIpc) is 2.77. The highest BCUT2D eigenvalue weighted by Crippen LogP contribution is 2.19. The molecule has 1 aromatic carbocycles. The molecule has 0 aliphatic carbocycles. The number of H-pyrrole nitrogens is 1. The number of aromatic nitrogens is 1. The predicted octanol–water partition coefficient (Wildman–Crippen LogP) is 2.16. The van der Waals surface area contributed by atoms with Crippen LogP contribution < -0.4 is 5.32 Å². The summed E-state index contributed by atoms with van der Waals surface area (Å²) in [7, 11) is 1.88. The van der Waals surface area contributed by atoms with Crippen molar-refractivity contribution < 1.29 is 9.90 Å². The van der Waals surface area contributed by atoms with Crippen LogP contribution in [0.1, 0.15) is 18.4 Å². The molecule has 1 aromatic heterocycles. The quantitative estimate of drug-likeness (QED) is 0.731. The monoisotopic (exact) mass is 246 g/mol. The number of carboxylic acid groups (broad SMARTS) is 1. The summed E-state index contributed by atoms with van der Waals surface area (Å²) in [5, 5.41) is 13.1. The van der Waals surface area contributed by atoms with Crippen LogP contribution in [0.5, 0.6) is 0 Å². The summed E-state index contributed by atoms with van der Waals surface area (Å²) >= 11 is 0. The second-order valence-corrected chi connectivity index (χ2v) is 4.48. The molecule has 0 saturated heterocycles. The number of fused-ring (bicyclic) bond motifs is 1. The topological polar surface area (TPSA) is 65.1 Å². The molecule has 2 rings (SSSR count). The standard InChI is InChI=1S/C14H18N2O2/c1-15-11(6-7-14(17)18)8-10-9-16-13-5-3-2-4-12(10)13/h2-5,9,11,15-16H,6-8H2,1H3,(H,17,18)/t11-/m1/s1. The van der Waals surface area contributed by atoms with Gasteiger partial charge in [-0.15, -0.1) is 0 Å². The molecule has 0 unspecified atom stereocenters. The van der Waals surface area contributed by atoms with E-state index < -0.39 is 5.97 Å². The zero-order chi connectivity index (χ0) is 13.0. The molecule has 0 saturated carbocycles. The second kappa shape index (κ2) is 5.69. The number of hydrogen-bond donors (Lipinski definition) is 3. The smallest absolute Gasteiger partial charge is 0.303 e. The molecular weight excluding hydrogens is 228 g/mol. The molecule has 4 nitrogen and oxygen atoms in total. The summed E-state index contributed by atoms with van der Waals surface area (Å²) in [6.45, 7) is 0. The van der Waals surface area contributed by atoms with Crippen molar-refractivity contribution in [2.75, 3.05) is 7.05 Å². The highest BCUT2D eigenvalue weighted by atomic mass is 16.4. The normalized spacial score (nSPS) is 12.7. The molecule has 2 aromatic rings. The van der Waals surface area contributed by atoms with Gasteiger partial charge in [0.05, 0.1) is 0 Å². The summed E-state index contributed by atoms with van der Waals surface area (Å²) in [5.41, 5.74) is 2.36. The average molecular weight is 246 g/mol.